The molecule has 2 heteroatoms. The number of hydrogen-bond donors (Lipinski definition) is 0. The maximum absolute atomic E-state index is 12.8. The third-order valence-corrected chi connectivity index (χ3v) is 17.5. The van der Waals surface area contributed by atoms with Crippen molar-refractivity contribution in [2.75, 3.05) is 7.11 Å². The zero-order valence-corrected chi connectivity index (χ0v) is 29.1. The van der Waals surface area contributed by atoms with Gasteiger partial charge in [0.2, 0.25) is 0 Å². The molecular weight excluding hydrogens is 645 g/mol. The van der Waals surface area contributed by atoms with Gasteiger partial charge in [0.05, 0.1) is 7.11 Å². The standard InChI is InChI=1S/C51H28O2/c1-53-28(52)8-5-9-50(27-6-3-2-4-7-27)49-17-25-15-23-13-21-11-19-10-20-12-22-14-24-16-26(18-49)36-32(24)40-34(22)38-30(20)29(19)37-33(21)39-31(23)35(25)47-45-43(39)41(37)42(38)44(40)46(45)48(36)51(47,49)50/h2-4,6-7,11-14,17-18,21,33H,5,8-10,15-16H2,1H3. The number of esters is 1. The lowest BCUT2D eigenvalue weighted by Crippen LogP contribution is -2.27. The molecule has 5 unspecified atom stereocenters. The van der Waals surface area contributed by atoms with Crippen LogP contribution >= 0.6 is 0 Å². The van der Waals surface area contributed by atoms with Crippen molar-refractivity contribution in [3.8, 4) is 0 Å². The third-order valence-electron chi connectivity index (χ3n) is 17.5. The smallest absolute Gasteiger partial charge is 0.305 e. The van der Waals surface area contributed by atoms with Gasteiger partial charge in [0.25, 0.3) is 0 Å². The summed E-state index contributed by atoms with van der Waals surface area (Å²) in [5.41, 5.74) is 23.6. The number of benzene rings is 7. The summed E-state index contributed by atoms with van der Waals surface area (Å²) in [6.45, 7) is 0. The Hall–Kier alpha value is -5.47. The molecule has 10 aliphatic rings. The van der Waals surface area contributed by atoms with Crippen molar-refractivity contribution in [3.63, 3.8) is 0 Å². The highest BCUT2D eigenvalue weighted by Crippen LogP contribution is 2.92. The van der Waals surface area contributed by atoms with E-state index in [1.54, 1.807) is 144 Å². The van der Waals surface area contributed by atoms with Crippen LogP contribution in [0.4, 0.5) is 0 Å². The molecule has 10 aliphatic carbocycles. The lowest BCUT2D eigenvalue weighted by Gasteiger charge is -2.35. The number of methoxy groups -OCH3 is 1. The van der Waals surface area contributed by atoms with E-state index in [1.165, 1.54) is 10.9 Å². The Morgan fingerprint density at radius 3 is 2.13 bits per heavy atom. The summed E-state index contributed by atoms with van der Waals surface area (Å²) in [6.07, 6.45) is 16.5. The maximum atomic E-state index is 12.8. The largest absolute Gasteiger partial charge is 0.469 e. The summed E-state index contributed by atoms with van der Waals surface area (Å²) in [5, 5.41) is 19.2. The number of hydrogen-bond acceptors (Lipinski definition) is 2. The summed E-state index contributed by atoms with van der Waals surface area (Å²) < 4.78 is 5.27. The number of ether oxygens (including phenoxy) is 1. The minimum absolute atomic E-state index is 0.0928. The molecule has 0 N–H and O–H groups in total. The van der Waals surface area contributed by atoms with Gasteiger partial charge in [-0.3, -0.25) is 4.79 Å². The van der Waals surface area contributed by atoms with Crippen LogP contribution in [0.3, 0.4) is 0 Å². The van der Waals surface area contributed by atoms with Gasteiger partial charge < -0.3 is 4.74 Å². The SMILES string of the molecule is COC(=O)CCCC1(c2ccccc2)C23C=C4CC5=CC6C=C7Cc8cc9cc%10c%11c(c%12c%13c%14c(c4c5c4c%14c5c(c7c8c7c9c%11c%13c57)C46)C%1221)C(=C3)C%10. The molecule has 2 nitrogen and oxygen atoms in total. The van der Waals surface area contributed by atoms with Crippen molar-refractivity contribution in [1.82, 2.24) is 0 Å². The summed E-state index contributed by atoms with van der Waals surface area (Å²) >= 11 is 0. The average molecular weight is 673 g/mol. The Kier molecular flexibility index (Phi) is 3.10. The van der Waals surface area contributed by atoms with Crippen LogP contribution in [0.25, 0.3) is 86.9 Å². The van der Waals surface area contributed by atoms with Crippen molar-refractivity contribution in [3.05, 3.63) is 128 Å². The molecule has 1 saturated carbocycles. The molecule has 1 fully saturated rings. The first kappa shape index (κ1) is 24.7. The lowest BCUT2D eigenvalue weighted by atomic mass is 9.67. The molecule has 18 rings (SSSR count). The fraction of sp³-hybridized carbons (Fsp3) is 0.235. The molecule has 0 radical (unpaired) electrons. The van der Waals surface area contributed by atoms with Gasteiger partial charge in [0.1, 0.15) is 0 Å². The van der Waals surface area contributed by atoms with Crippen molar-refractivity contribution in [2.45, 2.75) is 55.3 Å². The summed E-state index contributed by atoms with van der Waals surface area (Å²) in [5.74, 6) is 0.778. The highest BCUT2D eigenvalue weighted by molar-refractivity contribution is 6.53. The van der Waals surface area contributed by atoms with Crippen molar-refractivity contribution in [2.24, 2.45) is 11.3 Å². The molecule has 53 heavy (non-hydrogen) atoms. The fourth-order valence-corrected chi connectivity index (χ4v) is 16.8. The van der Waals surface area contributed by atoms with Crippen LogP contribution in [0.5, 0.6) is 0 Å². The van der Waals surface area contributed by atoms with Crippen LogP contribution in [0, 0.1) is 11.3 Å². The summed E-state index contributed by atoms with van der Waals surface area (Å²) in [6, 6.07) is 16.9. The number of carbonyl (C=O) groups excluding carboxylic acids is 1. The van der Waals surface area contributed by atoms with Gasteiger partial charge in [-0.2, -0.15) is 0 Å². The molecule has 0 saturated heterocycles. The van der Waals surface area contributed by atoms with Gasteiger partial charge in [-0.15, -0.1) is 0 Å². The Labute approximate surface area is 303 Å². The number of allylic oxidation sites excluding steroid dienone is 8. The van der Waals surface area contributed by atoms with Crippen LogP contribution in [0.15, 0.2) is 66.8 Å². The molecule has 1 spiro atoms. The Morgan fingerprint density at radius 1 is 0.679 bits per heavy atom. The molecule has 0 heterocycles. The fourth-order valence-electron chi connectivity index (χ4n) is 16.8. The normalized spacial score (nSPS) is 30.4. The zero-order valence-electron chi connectivity index (χ0n) is 29.1. The highest BCUT2D eigenvalue weighted by Gasteiger charge is 2.90. The van der Waals surface area contributed by atoms with E-state index in [0.29, 0.717) is 18.3 Å². The van der Waals surface area contributed by atoms with Crippen molar-refractivity contribution in [1.29, 1.82) is 0 Å². The Balaban J connectivity index is 1.17. The highest BCUT2D eigenvalue weighted by atomic mass is 16.5. The second-order valence-corrected chi connectivity index (χ2v) is 18.6. The monoisotopic (exact) mass is 672 g/mol. The topological polar surface area (TPSA) is 26.3 Å². The van der Waals surface area contributed by atoms with Crippen LogP contribution < -0.4 is 0 Å². The second kappa shape index (κ2) is 6.64. The Bertz CT molecular complexity index is 3570. The number of carbonyl (C=O) groups is 1. The second-order valence-electron chi connectivity index (χ2n) is 18.6. The van der Waals surface area contributed by atoms with Crippen LogP contribution in [-0.4, -0.2) is 13.1 Å². The molecule has 5 atom stereocenters. The van der Waals surface area contributed by atoms with Crippen LogP contribution in [0.1, 0.15) is 92.8 Å². The summed E-state index contributed by atoms with van der Waals surface area (Å²) in [4.78, 5) is 12.8. The summed E-state index contributed by atoms with van der Waals surface area (Å²) in [7, 11) is 1.54. The van der Waals surface area contributed by atoms with Gasteiger partial charge in [-0.05, 0) is 180 Å². The molecule has 8 aromatic rings. The van der Waals surface area contributed by atoms with E-state index in [9.17, 15) is 4.79 Å². The first-order valence-corrected chi connectivity index (χ1v) is 20.0. The predicted octanol–water partition coefficient (Wildman–Crippen LogP) is 11.0. The van der Waals surface area contributed by atoms with Crippen molar-refractivity contribution < 1.29 is 9.53 Å². The van der Waals surface area contributed by atoms with E-state index >= 15 is 0 Å². The number of rotatable bonds is 5. The molecule has 0 bridgehead atoms. The molecule has 0 aromatic heterocycles. The molecule has 0 aliphatic heterocycles. The van der Waals surface area contributed by atoms with Gasteiger partial charge in [0.15, 0.2) is 0 Å². The quantitative estimate of drug-likeness (QED) is 0.134. The first-order chi connectivity index (χ1) is 26.1. The predicted molar refractivity (Wildman–Crippen MR) is 212 cm³/mol. The third kappa shape index (κ3) is 1.83. The van der Waals surface area contributed by atoms with E-state index in [2.05, 4.69) is 66.8 Å². The van der Waals surface area contributed by atoms with Crippen LogP contribution in [-0.2, 0) is 33.2 Å². The molecule has 0 amide bonds. The molecular formula is C51H28O2. The first-order valence-electron chi connectivity index (χ1n) is 20.0. The van der Waals surface area contributed by atoms with Crippen LogP contribution in [0.2, 0.25) is 0 Å². The minimum atomic E-state index is -0.193. The van der Waals surface area contributed by atoms with E-state index in [-0.39, 0.29) is 22.2 Å². The zero-order chi connectivity index (χ0) is 33.5. The average Bonchev–Trinajstić information content (AvgIpc) is 3.88. The van der Waals surface area contributed by atoms with Gasteiger partial charge in [-0.1, -0.05) is 66.8 Å². The minimum Gasteiger partial charge on any atom is -0.469 e. The van der Waals surface area contributed by atoms with E-state index < -0.39 is 0 Å². The maximum Gasteiger partial charge on any atom is 0.305 e. The van der Waals surface area contributed by atoms with E-state index in [1.807, 2.05) is 0 Å². The Morgan fingerprint density at radius 2 is 1.32 bits per heavy atom. The van der Waals surface area contributed by atoms with Gasteiger partial charge in [-0.25, -0.2) is 0 Å². The van der Waals surface area contributed by atoms with Gasteiger partial charge >= 0.3 is 5.97 Å². The molecule has 244 valence electrons. The van der Waals surface area contributed by atoms with E-state index in [0.717, 1.165) is 32.1 Å². The lowest BCUT2D eigenvalue weighted by molar-refractivity contribution is -0.140. The van der Waals surface area contributed by atoms with Crippen molar-refractivity contribution >= 4 is 92.9 Å². The van der Waals surface area contributed by atoms with Gasteiger partial charge in [0, 0.05) is 34.5 Å². The van der Waals surface area contributed by atoms with E-state index in [4.69, 9.17) is 4.74 Å². The molecule has 8 aromatic carbocycles.